The molecule has 0 aliphatic heterocycles. The third kappa shape index (κ3) is 5.98. The highest BCUT2D eigenvalue weighted by Crippen LogP contribution is 2.22. The monoisotopic (exact) mass is 401 g/mol. The number of halogens is 1. The molecule has 0 bridgehead atoms. The molecule has 0 aliphatic carbocycles. The lowest BCUT2D eigenvalue weighted by atomic mass is 10.2. The quantitative estimate of drug-likeness (QED) is 0.627. The summed E-state index contributed by atoms with van der Waals surface area (Å²) in [6, 6.07) is 13.8. The lowest BCUT2D eigenvalue weighted by molar-refractivity contribution is -0.881. The van der Waals surface area contributed by atoms with E-state index in [0.29, 0.717) is 29.2 Å². The Hall–Kier alpha value is -3.08. The van der Waals surface area contributed by atoms with Crippen LogP contribution in [0.15, 0.2) is 42.5 Å². The van der Waals surface area contributed by atoms with Gasteiger partial charge in [0.25, 0.3) is 11.8 Å². The number of rotatable bonds is 8. The summed E-state index contributed by atoms with van der Waals surface area (Å²) in [6.45, 7) is 2.75. The van der Waals surface area contributed by atoms with Gasteiger partial charge in [0.15, 0.2) is 13.1 Å². The van der Waals surface area contributed by atoms with E-state index in [0.717, 1.165) is 4.90 Å². The van der Waals surface area contributed by atoms with E-state index in [-0.39, 0.29) is 29.9 Å². The van der Waals surface area contributed by atoms with Gasteiger partial charge in [0.2, 0.25) is 0 Å². The zero-order valence-corrected chi connectivity index (χ0v) is 16.5. The lowest BCUT2D eigenvalue weighted by Crippen LogP contribution is -3.13. The third-order valence-corrected chi connectivity index (χ3v) is 4.39. The molecule has 146 valence electrons. The van der Waals surface area contributed by atoms with E-state index in [9.17, 15) is 9.59 Å². The van der Waals surface area contributed by atoms with Crippen molar-refractivity contribution in [2.24, 2.45) is 0 Å². The molecule has 2 rings (SSSR count). The Labute approximate surface area is 168 Å². The number of methoxy groups -OCH3 is 1. The lowest BCUT2D eigenvalue weighted by Gasteiger charge is -2.17. The van der Waals surface area contributed by atoms with E-state index in [1.165, 1.54) is 13.2 Å². The summed E-state index contributed by atoms with van der Waals surface area (Å²) in [6.07, 6.45) is 0. The van der Waals surface area contributed by atoms with Crippen LogP contribution in [-0.2, 0) is 9.59 Å². The van der Waals surface area contributed by atoms with Crippen molar-refractivity contribution in [2.75, 3.05) is 37.4 Å². The van der Waals surface area contributed by atoms with Gasteiger partial charge in [0, 0.05) is 5.69 Å². The Morgan fingerprint density at radius 1 is 1.14 bits per heavy atom. The minimum absolute atomic E-state index is 0.119. The second kappa shape index (κ2) is 10.3. The van der Waals surface area contributed by atoms with Crippen LogP contribution in [0, 0.1) is 11.3 Å². The van der Waals surface area contributed by atoms with Crippen molar-refractivity contribution in [1.82, 2.24) is 0 Å². The smallest absolute Gasteiger partial charge is 0.279 e. The average Bonchev–Trinajstić information content (AvgIpc) is 2.68. The van der Waals surface area contributed by atoms with Gasteiger partial charge in [-0.1, -0.05) is 23.7 Å². The van der Waals surface area contributed by atoms with Crippen LogP contribution in [0.5, 0.6) is 5.75 Å². The van der Waals surface area contributed by atoms with Crippen LogP contribution in [0.1, 0.15) is 12.5 Å². The molecule has 1 unspecified atom stereocenters. The number of carbonyl (C=O) groups is 2. The summed E-state index contributed by atoms with van der Waals surface area (Å²) >= 11 is 5.97. The van der Waals surface area contributed by atoms with Crippen molar-refractivity contribution < 1.29 is 19.2 Å². The Morgan fingerprint density at radius 3 is 2.43 bits per heavy atom. The normalized spacial score (nSPS) is 11.2. The number of para-hydroxylation sites is 2. The number of carbonyl (C=O) groups excluding carboxylic acids is 2. The van der Waals surface area contributed by atoms with Gasteiger partial charge in [-0.15, -0.1) is 0 Å². The van der Waals surface area contributed by atoms with Crippen LogP contribution in [-0.4, -0.2) is 38.6 Å². The Kier molecular flexibility index (Phi) is 7.81. The summed E-state index contributed by atoms with van der Waals surface area (Å²) < 4.78 is 5.22. The van der Waals surface area contributed by atoms with Crippen molar-refractivity contribution in [3.8, 4) is 11.8 Å². The molecule has 2 aromatic rings. The maximum absolute atomic E-state index is 12.3. The molecule has 0 saturated heterocycles. The molecular formula is C20H22ClN4O3+. The van der Waals surface area contributed by atoms with Gasteiger partial charge >= 0.3 is 0 Å². The number of ether oxygens (including phenoxy) is 1. The Bertz CT molecular complexity index is 895. The number of quaternary nitrogens is 1. The molecule has 2 aromatic carbocycles. The minimum atomic E-state index is -0.247. The zero-order valence-electron chi connectivity index (χ0n) is 15.7. The first kappa shape index (κ1) is 21.2. The standard InChI is InChI=1S/C20H21ClN4O3/c1-3-25(13-20(27)24-17-6-4-5-7-18(17)28-2)12-19(26)23-15-9-8-14(11-22)16(21)10-15/h4-10H,3,12-13H2,1-2H3,(H,23,26)(H,24,27)/p+1. The van der Waals surface area contributed by atoms with Crippen LogP contribution in [0.3, 0.4) is 0 Å². The van der Waals surface area contributed by atoms with Gasteiger partial charge in [-0.05, 0) is 37.3 Å². The van der Waals surface area contributed by atoms with Crippen LogP contribution in [0.4, 0.5) is 11.4 Å². The first-order valence-electron chi connectivity index (χ1n) is 8.72. The molecule has 1 atom stereocenters. The maximum atomic E-state index is 12.3. The number of amides is 2. The van der Waals surface area contributed by atoms with Crippen LogP contribution < -0.4 is 20.3 Å². The molecule has 0 heterocycles. The molecule has 0 fully saturated rings. The molecule has 8 heteroatoms. The van der Waals surface area contributed by atoms with Crippen LogP contribution >= 0.6 is 11.6 Å². The molecule has 7 nitrogen and oxygen atoms in total. The van der Waals surface area contributed by atoms with Crippen molar-refractivity contribution in [3.63, 3.8) is 0 Å². The largest absolute Gasteiger partial charge is 0.495 e. The van der Waals surface area contributed by atoms with Crippen molar-refractivity contribution in [3.05, 3.63) is 53.1 Å². The number of hydrogen-bond acceptors (Lipinski definition) is 4. The zero-order chi connectivity index (χ0) is 20.5. The molecule has 0 spiro atoms. The highest BCUT2D eigenvalue weighted by molar-refractivity contribution is 6.32. The summed E-state index contributed by atoms with van der Waals surface area (Å²) in [7, 11) is 1.54. The first-order valence-corrected chi connectivity index (χ1v) is 9.10. The van der Waals surface area contributed by atoms with E-state index in [1.807, 2.05) is 19.1 Å². The fourth-order valence-electron chi connectivity index (χ4n) is 2.60. The van der Waals surface area contributed by atoms with Crippen molar-refractivity contribution in [1.29, 1.82) is 5.26 Å². The van der Waals surface area contributed by atoms with Crippen molar-refractivity contribution >= 4 is 34.8 Å². The van der Waals surface area contributed by atoms with Crippen molar-refractivity contribution in [2.45, 2.75) is 6.92 Å². The van der Waals surface area contributed by atoms with Crippen LogP contribution in [0.2, 0.25) is 5.02 Å². The van der Waals surface area contributed by atoms with Crippen LogP contribution in [0.25, 0.3) is 0 Å². The van der Waals surface area contributed by atoms with Gasteiger partial charge in [0.1, 0.15) is 11.8 Å². The molecular weight excluding hydrogens is 380 g/mol. The summed E-state index contributed by atoms with van der Waals surface area (Å²) in [5.74, 6) is 0.114. The molecule has 0 aliphatic rings. The van der Waals surface area contributed by atoms with E-state index < -0.39 is 0 Å². The first-order chi connectivity index (χ1) is 13.5. The van der Waals surface area contributed by atoms with Gasteiger partial charge in [0.05, 0.1) is 29.9 Å². The molecule has 0 saturated carbocycles. The number of hydrogen-bond donors (Lipinski definition) is 3. The molecule has 0 radical (unpaired) electrons. The maximum Gasteiger partial charge on any atom is 0.279 e. The fraction of sp³-hybridized carbons (Fsp3) is 0.250. The number of likely N-dealkylation sites (N-methyl/N-ethyl adjacent to an activating group) is 1. The fourth-order valence-corrected chi connectivity index (χ4v) is 2.82. The average molecular weight is 402 g/mol. The third-order valence-electron chi connectivity index (χ3n) is 4.08. The summed E-state index contributed by atoms with van der Waals surface area (Å²) in [5, 5.41) is 14.7. The number of nitrogens with one attached hydrogen (secondary N) is 3. The molecule has 3 N–H and O–H groups in total. The Balaban J connectivity index is 1.92. The topological polar surface area (TPSA) is 95.7 Å². The van der Waals surface area contributed by atoms with Gasteiger partial charge in [-0.2, -0.15) is 5.26 Å². The molecule has 28 heavy (non-hydrogen) atoms. The van der Waals surface area contributed by atoms with E-state index in [4.69, 9.17) is 21.6 Å². The number of nitrogens with zero attached hydrogens (tertiary/aromatic N) is 1. The van der Waals surface area contributed by atoms with E-state index in [1.54, 1.807) is 30.3 Å². The predicted octanol–water partition coefficient (Wildman–Crippen LogP) is 1.70. The van der Waals surface area contributed by atoms with Gasteiger partial charge in [-0.3, -0.25) is 9.59 Å². The summed E-state index contributed by atoms with van der Waals surface area (Å²) in [5.41, 5.74) is 1.43. The SMILES string of the molecule is CC[NH+](CC(=O)Nc1ccc(C#N)c(Cl)c1)CC(=O)Nc1ccccc1OC. The van der Waals surface area contributed by atoms with Gasteiger partial charge in [-0.25, -0.2) is 0 Å². The Morgan fingerprint density at radius 2 is 1.82 bits per heavy atom. The van der Waals surface area contributed by atoms with E-state index in [2.05, 4.69) is 10.6 Å². The number of nitriles is 1. The molecule has 2 amide bonds. The van der Waals surface area contributed by atoms with E-state index >= 15 is 0 Å². The second-order valence-electron chi connectivity index (χ2n) is 6.06. The second-order valence-corrected chi connectivity index (χ2v) is 6.47. The molecule has 0 aromatic heterocycles. The highest BCUT2D eigenvalue weighted by atomic mass is 35.5. The highest BCUT2D eigenvalue weighted by Gasteiger charge is 2.18. The number of benzene rings is 2. The predicted molar refractivity (Wildman–Crippen MR) is 108 cm³/mol. The minimum Gasteiger partial charge on any atom is -0.495 e. The summed E-state index contributed by atoms with van der Waals surface area (Å²) in [4.78, 5) is 25.4. The van der Waals surface area contributed by atoms with Gasteiger partial charge < -0.3 is 20.3 Å². The number of anilines is 2.